The predicted molar refractivity (Wildman–Crippen MR) is 96.0 cm³/mol. The summed E-state index contributed by atoms with van der Waals surface area (Å²) in [4.78, 5) is 23.0. The van der Waals surface area contributed by atoms with Gasteiger partial charge in [0.25, 0.3) is 5.69 Å². The minimum absolute atomic E-state index is 0.0334. The molecule has 0 aliphatic rings. The number of nitro groups is 1. The van der Waals surface area contributed by atoms with Crippen molar-refractivity contribution in [3.8, 4) is 5.75 Å². The van der Waals surface area contributed by atoms with Crippen LogP contribution in [0.3, 0.4) is 0 Å². The summed E-state index contributed by atoms with van der Waals surface area (Å²) in [7, 11) is 1.60. The monoisotopic (exact) mass is 361 g/mol. The number of methoxy groups -OCH3 is 1. The van der Waals surface area contributed by atoms with Crippen molar-refractivity contribution in [1.29, 1.82) is 0 Å². The van der Waals surface area contributed by atoms with Gasteiger partial charge in [0.15, 0.2) is 0 Å². The Morgan fingerprint density at radius 1 is 1.16 bits per heavy atom. The number of thioether (sulfide) groups is 1. The fraction of sp³-hybridized carbons (Fsp3) is 0.278. The summed E-state index contributed by atoms with van der Waals surface area (Å²) in [5, 5.41) is 11.2. The molecule has 0 aliphatic heterocycles. The van der Waals surface area contributed by atoms with Gasteiger partial charge in [0.1, 0.15) is 5.75 Å². The van der Waals surface area contributed by atoms with Gasteiger partial charge in [-0.2, -0.15) is 0 Å². The third-order valence-electron chi connectivity index (χ3n) is 3.43. The first-order valence-corrected chi connectivity index (χ1v) is 8.70. The van der Waals surface area contributed by atoms with E-state index in [-0.39, 0.29) is 18.1 Å². The minimum atomic E-state index is -0.412. The molecule has 7 heteroatoms. The summed E-state index contributed by atoms with van der Waals surface area (Å²) < 4.78 is 10.0. The average Bonchev–Trinajstić information content (AvgIpc) is 2.60. The molecule has 2 rings (SSSR count). The molecule has 0 heterocycles. The smallest absolute Gasteiger partial charge is 0.310 e. The van der Waals surface area contributed by atoms with E-state index in [4.69, 9.17) is 9.47 Å². The van der Waals surface area contributed by atoms with E-state index in [0.717, 1.165) is 11.3 Å². The van der Waals surface area contributed by atoms with Gasteiger partial charge in [-0.15, -0.1) is 11.8 Å². The number of hydrogen-bond acceptors (Lipinski definition) is 6. The maximum Gasteiger partial charge on any atom is 0.310 e. The van der Waals surface area contributed by atoms with Gasteiger partial charge in [-0.1, -0.05) is 18.2 Å². The summed E-state index contributed by atoms with van der Waals surface area (Å²) in [5.41, 5.74) is 1.75. The van der Waals surface area contributed by atoms with Crippen molar-refractivity contribution in [2.24, 2.45) is 0 Å². The van der Waals surface area contributed by atoms with Crippen molar-refractivity contribution in [3.63, 3.8) is 0 Å². The summed E-state index contributed by atoms with van der Waals surface area (Å²) in [6.07, 6.45) is 0.0991. The van der Waals surface area contributed by atoms with Crippen molar-refractivity contribution >= 4 is 23.4 Å². The van der Waals surface area contributed by atoms with E-state index >= 15 is 0 Å². The molecular formula is C18H19NO5S. The normalized spacial score (nSPS) is 10.3. The Kier molecular flexibility index (Phi) is 6.82. The highest BCUT2D eigenvalue weighted by Crippen LogP contribution is 2.33. The molecule has 0 saturated carbocycles. The Morgan fingerprint density at radius 2 is 1.84 bits per heavy atom. The molecule has 0 aliphatic carbocycles. The molecule has 0 radical (unpaired) electrons. The first-order chi connectivity index (χ1) is 12.0. The Labute approximate surface area is 150 Å². The summed E-state index contributed by atoms with van der Waals surface area (Å²) in [6.45, 7) is 2.05. The molecule has 0 N–H and O–H groups in total. The fourth-order valence-electron chi connectivity index (χ4n) is 2.20. The number of rotatable bonds is 8. The largest absolute Gasteiger partial charge is 0.497 e. The molecule has 0 saturated heterocycles. The van der Waals surface area contributed by atoms with Crippen molar-refractivity contribution in [2.45, 2.75) is 24.0 Å². The Morgan fingerprint density at radius 3 is 2.44 bits per heavy atom. The van der Waals surface area contributed by atoms with E-state index in [2.05, 4.69) is 0 Å². The Hall–Kier alpha value is -2.54. The SMILES string of the molecule is CCOC(=O)Cc1ccc([N+](=O)[O-])c(SCc2ccc(OC)cc2)c1. The van der Waals surface area contributed by atoms with Gasteiger partial charge in [-0.05, 0) is 36.2 Å². The van der Waals surface area contributed by atoms with E-state index in [0.29, 0.717) is 22.8 Å². The molecule has 2 aromatic carbocycles. The van der Waals surface area contributed by atoms with Crippen molar-refractivity contribution in [2.75, 3.05) is 13.7 Å². The Balaban J connectivity index is 2.14. The highest BCUT2D eigenvalue weighted by molar-refractivity contribution is 7.98. The molecule has 0 fully saturated rings. The van der Waals surface area contributed by atoms with Crippen molar-refractivity contribution in [1.82, 2.24) is 0 Å². The van der Waals surface area contributed by atoms with Crippen LogP contribution in [0.5, 0.6) is 5.75 Å². The number of carbonyl (C=O) groups excluding carboxylic acids is 1. The van der Waals surface area contributed by atoms with Crippen LogP contribution in [-0.2, 0) is 21.7 Å². The van der Waals surface area contributed by atoms with Crippen LogP contribution in [0, 0.1) is 10.1 Å². The zero-order valence-corrected chi connectivity index (χ0v) is 14.9. The van der Waals surface area contributed by atoms with Crippen molar-refractivity contribution in [3.05, 3.63) is 63.7 Å². The third-order valence-corrected chi connectivity index (χ3v) is 4.54. The Bertz CT molecular complexity index is 746. The van der Waals surface area contributed by atoms with Gasteiger partial charge in [-0.3, -0.25) is 14.9 Å². The number of ether oxygens (including phenoxy) is 2. The summed E-state index contributed by atoms with van der Waals surface area (Å²) >= 11 is 1.36. The van der Waals surface area contributed by atoms with Crippen LogP contribution in [0.15, 0.2) is 47.4 Å². The summed E-state index contributed by atoms with van der Waals surface area (Å²) in [5.74, 6) is 0.992. The number of hydrogen-bond donors (Lipinski definition) is 0. The highest BCUT2D eigenvalue weighted by Gasteiger charge is 2.16. The number of nitrogens with zero attached hydrogens (tertiary/aromatic N) is 1. The molecule has 25 heavy (non-hydrogen) atoms. The number of carbonyl (C=O) groups is 1. The highest BCUT2D eigenvalue weighted by atomic mass is 32.2. The quantitative estimate of drug-likeness (QED) is 0.306. The second-order valence-electron chi connectivity index (χ2n) is 5.18. The lowest BCUT2D eigenvalue weighted by Crippen LogP contribution is -2.07. The van der Waals surface area contributed by atoms with Gasteiger partial charge in [0.2, 0.25) is 0 Å². The molecule has 0 bridgehead atoms. The molecule has 2 aromatic rings. The second-order valence-corrected chi connectivity index (χ2v) is 6.19. The summed E-state index contributed by atoms with van der Waals surface area (Å²) in [6, 6.07) is 12.2. The van der Waals surface area contributed by atoms with Gasteiger partial charge < -0.3 is 9.47 Å². The lowest BCUT2D eigenvalue weighted by Gasteiger charge is -2.07. The first kappa shape index (κ1) is 18.8. The van der Waals surface area contributed by atoms with E-state index < -0.39 is 4.92 Å². The van der Waals surface area contributed by atoms with Crippen molar-refractivity contribution < 1.29 is 19.2 Å². The van der Waals surface area contributed by atoms with Crippen LogP contribution >= 0.6 is 11.8 Å². The van der Waals surface area contributed by atoms with Gasteiger partial charge >= 0.3 is 5.97 Å². The number of benzene rings is 2. The fourth-order valence-corrected chi connectivity index (χ4v) is 3.24. The van der Waals surface area contributed by atoms with Gasteiger partial charge in [0, 0.05) is 11.8 Å². The molecule has 0 amide bonds. The van der Waals surface area contributed by atoms with E-state index in [1.54, 1.807) is 26.2 Å². The van der Waals surface area contributed by atoms with Crippen LogP contribution < -0.4 is 4.74 Å². The number of esters is 1. The molecule has 0 unspecified atom stereocenters. The number of nitro benzene ring substituents is 1. The first-order valence-electron chi connectivity index (χ1n) is 7.72. The topological polar surface area (TPSA) is 78.7 Å². The lowest BCUT2D eigenvalue weighted by atomic mass is 10.1. The van der Waals surface area contributed by atoms with E-state index in [1.807, 2.05) is 24.3 Å². The molecule has 132 valence electrons. The van der Waals surface area contributed by atoms with Gasteiger partial charge in [0.05, 0.1) is 30.0 Å². The zero-order valence-electron chi connectivity index (χ0n) is 14.1. The minimum Gasteiger partial charge on any atom is -0.497 e. The van der Waals surface area contributed by atoms with E-state index in [1.165, 1.54) is 17.8 Å². The molecule has 0 atom stereocenters. The third kappa shape index (κ3) is 5.49. The maximum atomic E-state index is 11.6. The van der Waals surface area contributed by atoms with Crippen LogP contribution in [0.1, 0.15) is 18.1 Å². The van der Waals surface area contributed by atoms with Crippen LogP contribution in [0.4, 0.5) is 5.69 Å². The molecule has 6 nitrogen and oxygen atoms in total. The van der Waals surface area contributed by atoms with Crippen LogP contribution in [-0.4, -0.2) is 24.6 Å². The maximum absolute atomic E-state index is 11.6. The standard InChI is InChI=1S/C18H19NO5S/c1-3-24-18(20)11-14-6-9-16(19(21)22)17(10-14)25-12-13-4-7-15(23-2)8-5-13/h4-10H,3,11-12H2,1-2H3. The van der Waals surface area contributed by atoms with Crippen LogP contribution in [0.2, 0.25) is 0 Å². The molecule has 0 spiro atoms. The predicted octanol–water partition coefficient (Wildman–Crippen LogP) is 4.00. The van der Waals surface area contributed by atoms with Gasteiger partial charge in [-0.25, -0.2) is 0 Å². The lowest BCUT2D eigenvalue weighted by molar-refractivity contribution is -0.387. The van der Waals surface area contributed by atoms with E-state index in [9.17, 15) is 14.9 Å². The molecular weight excluding hydrogens is 342 g/mol. The van der Waals surface area contributed by atoms with Crippen LogP contribution in [0.25, 0.3) is 0 Å². The zero-order chi connectivity index (χ0) is 18.2. The average molecular weight is 361 g/mol. The molecule has 0 aromatic heterocycles. The second kappa shape index (κ2) is 9.08.